The van der Waals surface area contributed by atoms with Crippen LogP contribution >= 0.6 is 0 Å². The third-order valence-corrected chi connectivity index (χ3v) is 3.38. The molecule has 1 aliphatic heterocycles. The molecule has 1 amide bonds. The number of aromatic nitrogens is 2. The van der Waals surface area contributed by atoms with Crippen LogP contribution < -0.4 is 10.2 Å². The van der Waals surface area contributed by atoms with E-state index >= 15 is 0 Å². The topological polar surface area (TPSA) is 80.5 Å². The molecule has 3 rings (SSSR count). The van der Waals surface area contributed by atoms with Gasteiger partial charge in [0.2, 0.25) is 11.9 Å². The molecule has 0 atom stereocenters. The van der Waals surface area contributed by atoms with E-state index in [1.54, 1.807) is 36.7 Å². The number of morpholine rings is 1. The normalized spacial score (nSPS) is 15.0. The molecule has 0 bridgehead atoms. The molecule has 1 saturated heterocycles. The van der Waals surface area contributed by atoms with Crippen LogP contribution in [0.4, 0.5) is 5.95 Å². The molecule has 7 nitrogen and oxygen atoms in total. The summed E-state index contributed by atoms with van der Waals surface area (Å²) >= 11 is 0. The van der Waals surface area contributed by atoms with E-state index in [0.29, 0.717) is 31.5 Å². The van der Waals surface area contributed by atoms with Crippen LogP contribution in [-0.2, 0) is 16.1 Å². The molecule has 0 radical (unpaired) electrons. The quantitative estimate of drug-likeness (QED) is 0.836. The largest absolute Gasteiger partial charge is 0.465 e. The third-order valence-electron chi connectivity index (χ3n) is 3.38. The summed E-state index contributed by atoms with van der Waals surface area (Å²) in [4.78, 5) is 22.6. The van der Waals surface area contributed by atoms with Gasteiger partial charge in [0.1, 0.15) is 5.76 Å². The summed E-state index contributed by atoms with van der Waals surface area (Å²) in [5, 5.41) is 2.79. The minimum absolute atomic E-state index is 0.201. The van der Waals surface area contributed by atoms with Crippen molar-refractivity contribution in [1.82, 2.24) is 15.3 Å². The van der Waals surface area contributed by atoms with Crippen LogP contribution in [0.3, 0.4) is 0 Å². The number of hydrogen-bond donors (Lipinski definition) is 1. The Hall–Kier alpha value is -2.67. The highest BCUT2D eigenvalue weighted by Crippen LogP contribution is 2.09. The Morgan fingerprint density at radius 2 is 2.22 bits per heavy atom. The molecule has 23 heavy (non-hydrogen) atoms. The van der Waals surface area contributed by atoms with Crippen LogP contribution in [0.25, 0.3) is 6.08 Å². The highest BCUT2D eigenvalue weighted by atomic mass is 16.5. The lowest BCUT2D eigenvalue weighted by Gasteiger charge is -2.26. The summed E-state index contributed by atoms with van der Waals surface area (Å²) in [6.07, 6.45) is 6.32. The number of amides is 1. The standard InChI is InChI=1S/C16H18N4O3/c21-15(4-3-14-2-1-9-23-14)18-12-13-5-6-17-16(19-13)20-7-10-22-11-8-20/h1-6,9H,7-8,10-12H2,(H,18,21)/b4-3+. The van der Waals surface area contributed by atoms with E-state index < -0.39 is 0 Å². The summed E-state index contributed by atoms with van der Waals surface area (Å²) < 4.78 is 10.4. The molecule has 1 fully saturated rings. The molecule has 1 N–H and O–H groups in total. The average molecular weight is 314 g/mol. The predicted octanol–water partition coefficient (Wildman–Crippen LogP) is 1.24. The van der Waals surface area contributed by atoms with Crippen molar-refractivity contribution in [3.8, 4) is 0 Å². The Kier molecular flexibility index (Phi) is 5.00. The zero-order valence-corrected chi connectivity index (χ0v) is 12.6. The Morgan fingerprint density at radius 3 is 3.00 bits per heavy atom. The van der Waals surface area contributed by atoms with Gasteiger partial charge in [0.15, 0.2) is 0 Å². The van der Waals surface area contributed by atoms with Gasteiger partial charge in [0.05, 0.1) is 31.7 Å². The number of anilines is 1. The van der Waals surface area contributed by atoms with Crippen LogP contribution in [0.15, 0.2) is 41.2 Å². The Labute approximate surface area is 134 Å². The van der Waals surface area contributed by atoms with E-state index in [2.05, 4.69) is 20.2 Å². The monoisotopic (exact) mass is 314 g/mol. The fourth-order valence-electron chi connectivity index (χ4n) is 2.18. The van der Waals surface area contributed by atoms with Crippen molar-refractivity contribution in [3.05, 3.63) is 48.2 Å². The van der Waals surface area contributed by atoms with Crippen molar-refractivity contribution in [3.63, 3.8) is 0 Å². The van der Waals surface area contributed by atoms with Crippen molar-refractivity contribution in [2.75, 3.05) is 31.2 Å². The zero-order chi connectivity index (χ0) is 15.9. The first kappa shape index (κ1) is 15.2. The molecule has 1 aliphatic rings. The van der Waals surface area contributed by atoms with Gasteiger partial charge in [0, 0.05) is 25.4 Å². The molecule has 3 heterocycles. The number of furan rings is 1. The maximum Gasteiger partial charge on any atom is 0.244 e. The lowest BCUT2D eigenvalue weighted by Crippen LogP contribution is -2.37. The fraction of sp³-hybridized carbons (Fsp3) is 0.312. The minimum atomic E-state index is -0.201. The van der Waals surface area contributed by atoms with Gasteiger partial charge in [-0.15, -0.1) is 0 Å². The number of ether oxygens (including phenoxy) is 1. The van der Waals surface area contributed by atoms with Crippen molar-refractivity contribution in [2.45, 2.75) is 6.54 Å². The van der Waals surface area contributed by atoms with Crippen LogP contribution in [0.1, 0.15) is 11.5 Å². The maximum atomic E-state index is 11.8. The number of nitrogens with one attached hydrogen (secondary N) is 1. The Bertz CT molecular complexity index is 664. The molecule has 120 valence electrons. The zero-order valence-electron chi connectivity index (χ0n) is 12.6. The number of hydrogen-bond acceptors (Lipinski definition) is 6. The highest BCUT2D eigenvalue weighted by molar-refractivity contribution is 5.91. The second-order valence-corrected chi connectivity index (χ2v) is 5.01. The first-order valence-electron chi connectivity index (χ1n) is 7.45. The first-order chi connectivity index (χ1) is 11.3. The maximum absolute atomic E-state index is 11.8. The van der Waals surface area contributed by atoms with Crippen molar-refractivity contribution in [1.29, 1.82) is 0 Å². The number of carbonyl (C=O) groups is 1. The molecule has 0 spiro atoms. The van der Waals surface area contributed by atoms with E-state index in [0.717, 1.165) is 18.8 Å². The first-order valence-corrected chi connectivity index (χ1v) is 7.45. The lowest BCUT2D eigenvalue weighted by molar-refractivity contribution is -0.116. The summed E-state index contributed by atoms with van der Waals surface area (Å²) in [5.74, 6) is 1.11. The van der Waals surface area contributed by atoms with Gasteiger partial charge in [-0.3, -0.25) is 4.79 Å². The molecule has 2 aromatic heterocycles. The van der Waals surface area contributed by atoms with Crippen LogP contribution in [0.2, 0.25) is 0 Å². The van der Waals surface area contributed by atoms with E-state index in [4.69, 9.17) is 9.15 Å². The molecule has 0 aromatic carbocycles. The summed E-state index contributed by atoms with van der Waals surface area (Å²) in [7, 11) is 0. The fourth-order valence-corrected chi connectivity index (χ4v) is 2.18. The van der Waals surface area contributed by atoms with Gasteiger partial charge in [-0.25, -0.2) is 9.97 Å². The van der Waals surface area contributed by atoms with E-state index in [-0.39, 0.29) is 5.91 Å². The molecule has 0 unspecified atom stereocenters. The van der Waals surface area contributed by atoms with E-state index in [1.165, 1.54) is 6.08 Å². The predicted molar refractivity (Wildman–Crippen MR) is 84.7 cm³/mol. The minimum Gasteiger partial charge on any atom is -0.465 e. The lowest BCUT2D eigenvalue weighted by atomic mass is 10.3. The number of nitrogens with zero attached hydrogens (tertiary/aromatic N) is 3. The van der Waals surface area contributed by atoms with Gasteiger partial charge in [-0.2, -0.15) is 0 Å². The van der Waals surface area contributed by atoms with Crippen LogP contribution in [-0.4, -0.2) is 42.2 Å². The second-order valence-electron chi connectivity index (χ2n) is 5.01. The third kappa shape index (κ3) is 4.40. The number of rotatable bonds is 5. The highest BCUT2D eigenvalue weighted by Gasteiger charge is 2.13. The Balaban J connectivity index is 1.54. The van der Waals surface area contributed by atoms with Crippen molar-refractivity contribution in [2.24, 2.45) is 0 Å². The van der Waals surface area contributed by atoms with Crippen molar-refractivity contribution >= 4 is 17.9 Å². The molecule has 2 aromatic rings. The average Bonchev–Trinajstić information content (AvgIpc) is 3.13. The number of carbonyl (C=O) groups excluding carboxylic acids is 1. The van der Waals surface area contributed by atoms with Crippen molar-refractivity contribution < 1.29 is 13.9 Å². The molecule has 0 saturated carbocycles. The molecular formula is C16H18N4O3. The molecule has 0 aliphatic carbocycles. The van der Waals surface area contributed by atoms with Gasteiger partial charge in [-0.1, -0.05) is 0 Å². The smallest absolute Gasteiger partial charge is 0.244 e. The SMILES string of the molecule is O=C(/C=C/c1ccco1)NCc1ccnc(N2CCOCC2)n1. The Morgan fingerprint density at radius 1 is 1.35 bits per heavy atom. The molecule has 7 heteroatoms. The summed E-state index contributed by atoms with van der Waals surface area (Å²) in [6.45, 7) is 3.27. The van der Waals surface area contributed by atoms with E-state index in [9.17, 15) is 4.79 Å². The van der Waals surface area contributed by atoms with E-state index in [1.807, 2.05) is 0 Å². The van der Waals surface area contributed by atoms with Crippen LogP contribution in [0.5, 0.6) is 0 Å². The second kappa shape index (κ2) is 7.55. The summed E-state index contributed by atoms with van der Waals surface area (Å²) in [6, 6.07) is 5.34. The molecular weight excluding hydrogens is 296 g/mol. The summed E-state index contributed by atoms with van der Waals surface area (Å²) in [5.41, 5.74) is 0.765. The van der Waals surface area contributed by atoms with Crippen LogP contribution in [0, 0.1) is 0 Å². The van der Waals surface area contributed by atoms with Gasteiger partial charge < -0.3 is 19.4 Å². The van der Waals surface area contributed by atoms with Gasteiger partial charge in [0.25, 0.3) is 0 Å². The van der Waals surface area contributed by atoms with Gasteiger partial charge in [-0.05, 0) is 24.3 Å². The van der Waals surface area contributed by atoms with Gasteiger partial charge >= 0.3 is 0 Å².